The molecular formula is C22H28. The van der Waals surface area contributed by atoms with Crippen molar-refractivity contribution in [2.75, 3.05) is 0 Å². The van der Waals surface area contributed by atoms with Gasteiger partial charge in [0.15, 0.2) is 0 Å². The van der Waals surface area contributed by atoms with Crippen LogP contribution >= 0.6 is 0 Å². The average molecular weight is 292 g/mol. The zero-order valence-corrected chi connectivity index (χ0v) is 13.9. The lowest BCUT2D eigenvalue weighted by Crippen LogP contribution is -1.68. The van der Waals surface area contributed by atoms with Crippen LogP contribution in [0.25, 0.3) is 12.2 Å². The van der Waals surface area contributed by atoms with E-state index in [-0.39, 0.29) is 0 Å². The van der Waals surface area contributed by atoms with Gasteiger partial charge in [0.2, 0.25) is 0 Å². The molecule has 2 rings (SSSR count). The largest absolute Gasteiger partial charge is 0.0840 e. The molecule has 0 amide bonds. The minimum absolute atomic E-state index is 1.18. The van der Waals surface area contributed by atoms with E-state index in [2.05, 4.69) is 86.7 Å². The van der Waals surface area contributed by atoms with Crippen LogP contribution in [0.3, 0.4) is 0 Å². The van der Waals surface area contributed by atoms with Gasteiger partial charge in [-0.25, -0.2) is 0 Å². The Labute approximate surface area is 136 Å². The van der Waals surface area contributed by atoms with Crippen molar-refractivity contribution in [3.8, 4) is 0 Å². The standard InChI is InChI=1S/2C11H14/c2*1-2-3-5-8-11-9-6-4-7-10-11/h2*4-10H,2-3H2,1H3. The van der Waals surface area contributed by atoms with Crippen LogP contribution in [0, 0.1) is 0 Å². The number of unbranched alkanes of at least 4 members (excludes halogenated alkanes) is 2. The van der Waals surface area contributed by atoms with Crippen molar-refractivity contribution in [2.45, 2.75) is 39.5 Å². The van der Waals surface area contributed by atoms with E-state index in [4.69, 9.17) is 0 Å². The van der Waals surface area contributed by atoms with Gasteiger partial charge < -0.3 is 0 Å². The first-order chi connectivity index (χ1) is 10.9. The van der Waals surface area contributed by atoms with Gasteiger partial charge in [-0.15, -0.1) is 0 Å². The molecule has 116 valence electrons. The highest BCUT2D eigenvalue weighted by molar-refractivity contribution is 5.49. The van der Waals surface area contributed by atoms with Crippen molar-refractivity contribution in [3.63, 3.8) is 0 Å². The number of benzene rings is 2. The minimum atomic E-state index is 1.18. The predicted molar refractivity (Wildman–Crippen MR) is 101 cm³/mol. The second-order valence-electron chi connectivity index (χ2n) is 5.20. The fourth-order valence-corrected chi connectivity index (χ4v) is 1.90. The Hall–Kier alpha value is -2.08. The Morgan fingerprint density at radius 2 is 0.955 bits per heavy atom. The third-order valence-electron chi connectivity index (χ3n) is 3.13. The van der Waals surface area contributed by atoms with Gasteiger partial charge >= 0.3 is 0 Å². The second-order valence-corrected chi connectivity index (χ2v) is 5.20. The Morgan fingerprint density at radius 1 is 0.591 bits per heavy atom. The first-order valence-corrected chi connectivity index (χ1v) is 8.30. The van der Waals surface area contributed by atoms with Crippen molar-refractivity contribution < 1.29 is 0 Å². The van der Waals surface area contributed by atoms with Crippen LogP contribution in [0.1, 0.15) is 50.7 Å². The number of hydrogen-bond acceptors (Lipinski definition) is 0. The van der Waals surface area contributed by atoms with Gasteiger partial charge in [-0.1, -0.05) is 112 Å². The fourth-order valence-electron chi connectivity index (χ4n) is 1.90. The van der Waals surface area contributed by atoms with Crippen molar-refractivity contribution in [2.24, 2.45) is 0 Å². The highest BCUT2D eigenvalue weighted by atomic mass is 13.9. The van der Waals surface area contributed by atoms with Crippen LogP contribution in [0.15, 0.2) is 72.8 Å². The van der Waals surface area contributed by atoms with E-state index in [1.54, 1.807) is 0 Å². The molecule has 0 bridgehead atoms. The van der Waals surface area contributed by atoms with E-state index < -0.39 is 0 Å². The summed E-state index contributed by atoms with van der Waals surface area (Å²) >= 11 is 0. The van der Waals surface area contributed by atoms with Gasteiger partial charge in [0.05, 0.1) is 0 Å². The summed E-state index contributed by atoms with van der Waals surface area (Å²) in [5, 5.41) is 0. The zero-order valence-electron chi connectivity index (χ0n) is 13.9. The molecule has 0 saturated carbocycles. The van der Waals surface area contributed by atoms with E-state index in [9.17, 15) is 0 Å². The SMILES string of the molecule is CCCC=Cc1ccccc1.CCCC=Cc1ccccc1. The van der Waals surface area contributed by atoms with Gasteiger partial charge in [-0.3, -0.25) is 0 Å². The van der Waals surface area contributed by atoms with Gasteiger partial charge in [0.1, 0.15) is 0 Å². The third-order valence-corrected chi connectivity index (χ3v) is 3.13. The molecule has 0 spiro atoms. The van der Waals surface area contributed by atoms with E-state index in [0.717, 1.165) is 0 Å². The lowest BCUT2D eigenvalue weighted by Gasteiger charge is -1.89. The summed E-state index contributed by atoms with van der Waals surface area (Å²) in [7, 11) is 0. The molecule has 0 atom stereocenters. The Balaban J connectivity index is 0.000000220. The molecule has 0 aliphatic carbocycles. The normalized spacial score (nSPS) is 10.6. The van der Waals surface area contributed by atoms with Crippen LogP contribution in [-0.4, -0.2) is 0 Å². The summed E-state index contributed by atoms with van der Waals surface area (Å²) in [6.07, 6.45) is 13.6. The highest BCUT2D eigenvalue weighted by Crippen LogP contribution is 2.03. The Morgan fingerprint density at radius 3 is 1.27 bits per heavy atom. The summed E-state index contributed by atoms with van der Waals surface area (Å²) in [6, 6.07) is 20.8. The van der Waals surface area contributed by atoms with E-state index in [1.807, 2.05) is 12.1 Å². The maximum atomic E-state index is 2.22. The highest BCUT2D eigenvalue weighted by Gasteiger charge is 1.81. The summed E-state index contributed by atoms with van der Waals surface area (Å²) in [4.78, 5) is 0. The molecule has 0 N–H and O–H groups in total. The summed E-state index contributed by atoms with van der Waals surface area (Å²) in [5.41, 5.74) is 2.59. The van der Waals surface area contributed by atoms with Crippen LogP contribution in [0.5, 0.6) is 0 Å². The van der Waals surface area contributed by atoms with Crippen molar-refractivity contribution in [3.05, 3.63) is 83.9 Å². The molecule has 0 nitrogen and oxygen atoms in total. The Bertz CT molecular complexity index is 469. The molecule has 0 heteroatoms. The van der Waals surface area contributed by atoms with Crippen LogP contribution < -0.4 is 0 Å². The molecule has 2 aromatic rings. The fraction of sp³-hybridized carbons (Fsp3) is 0.273. The van der Waals surface area contributed by atoms with E-state index in [1.165, 1.54) is 36.8 Å². The first-order valence-electron chi connectivity index (χ1n) is 8.30. The topological polar surface area (TPSA) is 0 Å². The summed E-state index contributed by atoms with van der Waals surface area (Å²) in [6.45, 7) is 4.38. The smallest absolute Gasteiger partial charge is 0.0260 e. The molecular weight excluding hydrogens is 264 g/mol. The molecule has 0 fully saturated rings. The first kappa shape index (κ1) is 18.0. The lowest BCUT2D eigenvalue weighted by atomic mass is 10.2. The monoisotopic (exact) mass is 292 g/mol. The lowest BCUT2D eigenvalue weighted by molar-refractivity contribution is 0.962. The third kappa shape index (κ3) is 8.97. The summed E-state index contributed by atoms with van der Waals surface area (Å²) < 4.78 is 0. The number of hydrogen-bond donors (Lipinski definition) is 0. The molecule has 0 aliphatic rings. The molecule has 0 heterocycles. The predicted octanol–water partition coefficient (Wildman–Crippen LogP) is 7.00. The molecule has 0 aromatic heterocycles. The van der Waals surface area contributed by atoms with Crippen LogP contribution in [-0.2, 0) is 0 Å². The minimum Gasteiger partial charge on any atom is -0.0840 e. The maximum absolute atomic E-state index is 2.22. The van der Waals surface area contributed by atoms with Crippen LogP contribution in [0.4, 0.5) is 0 Å². The number of rotatable bonds is 6. The average Bonchev–Trinajstić information content (AvgIpc) is 2.58. The van der Waals surface area contributed by atoms with Gasteiger partial charge in [-0.2, -0.15) is 0 Å². The van der Waals surface area contributed by atoms with Gasteiger partial charge in [0.25, 0.3) is 0 Å². The Kier molecular flexibility index (Phi) is 10.3. The van der Waals surface area contributed by atoms with E-state index in [0.29, 0.717) is 0 Å². The van der Waals surface area contributed by atoms with Crippen LogP contribution in [0.2, 0.25) is 0 Å². The molecule has 0 aliphatic heterocycles. The second kappa shape index (κ2) is 12.6. The molecule has 22 heavy (non-hydrogen) atoms. The molecule has 0 saturated heterocycles. The zero-order chi connectivity index (χ0) is 15.9. The van der Waals surface area contributed by atoms with Crippen molar-refractivity contribution >= 4 is 12.2 Å². The van der Waals surface area contributed by atoms with Gasteiger partial charge in [0, 0.05) is 0 Å². The van der Waals surface area contributed by atoms with Crippen molar-refractivity contribution in [1.82, 2.24) is 0 Å². The van der Waals surface area contributed by atoms with E-state index >= 15 is 0 Å². The maximum Gasteiger partial charge on any atom is -0.0260 e. The molecule has 0 radical (unpaired) electrons. The molecule has 2 aromatic carbocycles. The van der Waals surface area contributed by atoms with Crippen molar-refractivity contribution in [1.29, 1.82) is 0 Å². The van der Waals surface area contributed by atoms with Gasteiger partial charge in [-0.05, 0) is 24.0 Å². The summed E-state index contributed by atoms with van der Waals surface area (Å²) in [5.74, 6) is 0. The quantitative estimate of drug-likeness (QED) is 0.537. The number of allylic oxidation sites excluding steroid dienone is 2. The molecule has 0 unspecified atom stereocenters.